The van der Waals surface area contributed by atoms with E-state index < -0.39 is 10.0 Å². The lowest BCUT2D eigenvalue weighted by molar-refractivity contribution is 0.375. The molecule has 0 aromatic heterocycles. The molecule has 1 aromatic rings. The minimum absolute atomic E-state index is 0.00872. The van der Waals surface area contributed by atoms with Gasteiger partial charge >= 0.3 is 0 Å². The zero-order valence-corrected chi connectivity index (χ0v) is 12.1. The van der Waals surface area contributed by atoms with Crippen LogP contribution < -0.4 is 0 Å². The third-order valence-corrected chi connectivity index (χ3v) is 5.26. The predicted molar refractivity (Wildman–Crippen MR) is 73.8 cm³/mol. The van der Waals surface area contributed by atoms with Crippen molar-refractivity contribution in [3.8, 4) is 6.07 Å². The maximum Gasteiger partial charge on any atom is 0.218 e. The molecule has 1 aliphatic rings. The van der Waals surface area contributed by atoms with E-state index in [1.54, 1.807) is 28.6 Å². The van der Waals surface area contributed by atoms with Gasteiger partial charge in [-0.15, -0.1) is 0 Å². The number of hydrogen-bond donors (Lipinski definition) is 0. The number of sulfonamides is 1. The maximum atomic E-state index is 12.3. The van der Waals surface area contributed by atoms with Crippen molar-refractivity contribution in [3.63, 3.8) is 0 Å². The van der Waals surface area contributed by atoms with Crippen molar-refractivity contribution in [2.45, 2.75) is 26.0 Å². The SMILES string of the molecule is CC1(C)CCN(S(=O)(=O)Cc2ccc(C#N)cc2)C1. The fourth-order valence-electron chi connectivity index (χ4n) is 2.28. The lowest BCUT2D eigenvalue weighted by Gasteiger charge is -2.19. The molecule has 0 unspecified atom stereocenters. The molecule has 0 bridgehead atoms. The molecule has 102 valence electrons. The van der Waals surface area contributed by atoms with Crippen molar-refractivity contribution in [3.05, 3.63) is 35.4 Å². The van der Waals surface area contributed by atoms with Gasteiger partial charge in [-0.1, -0.05) is 26.0 Å². The third kappa shape index (κ3) is 3.34. The summed E-state index contributed by atoms with van der Waals surface area (Å²) >= 11 is 0. The highest BCUT2D eigenvalue weighted by atomic mass is 32.2. The Bertz CT molecular complexity index is 597. The molecule has 1 aromatic carbocycles. The third-order valence-electron chi connectivity index (χ3n) is 3.47. The summed E-state index contributed by atoms with van der Waals surface area (Å²) in [5.74, 6) is 0.00872. The van der Waals surface area contributed by atoms with Gasteiger partial charge in [-0.3, -0.25) is 0 Å². The molecule has 0 radical (unpaired) electrons. The molecule has 4 nitrogen and oxygen atoms in total. The number of nitrogens with zero attached hydrogens (tertiary/aromatic N) is 2. The second kappa shape index (κ2) is 4.95. The average Bonchev–Trinajstić information content (AvgIpc) is 2.71. The van der Waals surface area contributed by atoms with Crippen molar-refractivity contribution in [1.29, 1.82) is 5.26 Å². The zero-order chi connectivity index (χ0) is 14.1. The van der Waals surface area contributed by atoms with Crippen LogP contribution in [0.3, 0.4) is 0 Å². The quantitative estimate of drug-likeness (QED) is 0.851. The highest BCUT2D eigenvalue weighted by molar-refractivity contribution is 7.88. The molecule has 0 saturated carbocycles. The van der Waals surface area contributed by atoms with Crippen molar-refractivity contribution in [1.82, 2.24) is 4.31 Å². The number of benzene rings is 1. The molecule has 5 heteroatoms. The van der Waals surface area contributed by atoms with Crippen LogP contribution in [0.2, 0.25) is 0 Å². The van der Waals surface area contributed by atoms with Gasteiger partial charge < -0.3 is 0 Å². The Balaban J connectivity index is 2.11. The number of hydrogen-bond acceptors (Lipinski definition) is 3. The standard InChI is InChI=1S/C14H18N2O2S/c1-14(2)7-8-16(11-14)19(17,18)10-13-5-3-12(9-15)4-6-13/h3-6H,7-8,10-11H2,1-2H3. The smallest absolute Gasteiger partial charge is 0.212 e. The van der Waals surface area contributed by atoms with Crippen LogP contribution in [0.5, 0.6) is 0 Å². The Morgan fingerprint density at radius 3 is 2.42 bits per heavy atom. The molecule has 0 N–H and O–H groups in total. The average molecular weight is 278 g/mol. The first-order valence-corrected chi connectivity index (χ1v) is 7.90. The van der Waals surface area contributed by atoms with E-state index in [1.165, 1.54) is 0 Å². The van der Waals surface area contributed by atoms with E-state index in [1.807, 2.05) is 6.07 Å². The normalized spacial score (nSPS) is 19.2. The fourth-order valence-corrected chi connectivity index (χ4v) is 3.99. The van der Waals surface area contributed by atoms with Gasteiger partial charge in [-0.05, 0) is 29.5 Å². The van der Waals surface area contributed by atoms with Gasteiger partial charge in [0.05, 0.1) is 17.4 Å². The first-order chi connectivity index (χ1) is 8.82. The Morgan fingerprint density at radius 1 is 1.32 bits per heavy atom. The summed E-state index contributed by atoms with van der Waals surface area (Å²) in [6, 6.07) is 8.74. The van der Waals surface area contributed by atoms with Gasteiger partial charge in [0, 0.05) is 13.1 Å². The molecule has 2 rings (SSSR count). The van der Waals surface area contributed by atoms with Crippen molar-refractivity contribution < 1.29 is 8.42 Å². The number of rotatable bonds is 3. The van der Waals surface area contributed by atoms with E-state index in [2.05, 4.69) is 13.8 Å². The number of nitriles is 1. The van der Waals surface area contributed by atoms with Crippen LogP contribution in [-0.4, -0.2) is 25.8 Å². The summed E-state index contributed by atoms with van der Waals surface area (Å²) in [5, 5.41) is 8.71. The van der Waals surface area contributed by atoms with Gasteiger partial charge in [0.2, 0.25) is 10.0 Å². The summed E-state index contributed by atoms with van der Waals surface area (Å²) in [7, 11) is -3.25. The Morgan fingerprint density at radius 2 is 1.95 bits per heavy atom. The molecule has 0 atom stereocenters. The molecular formula is C14H18N2O2S. The van der Waals surface area contributed by atoms with E-state index in [0.29, 0.717) is 18.7 Å². The van der Waals surface area contributed by atoms with Crippen LogP contribution in [0.1, 0.15) is 31.4 Å². The van der Waals surface area contributed by atoms with Crippen LogP contribution in [0.25, 0.3) is 0 Å². The van der Waals surface area contributed by atoms with Crippen LogP contribution in [0, 0.1) is 16.7 Å². The lowest BCUT2D eigenvalue weighted by atomic mass is 9.93. The summed E-state index contributed by atoms with van der Waals surface area (Å²) in [5.41, 5.74) is 1.34. The molecule has 19 heavy (non-hydrogen) atoms. The molecule has 1 saturated heterocycles. The zero-order valence-electron chi connectivity index (χ0n) is 11.3. The second-order valence-corrected chi connectivity index (χ2v) is 7.78. The second-order valence-electron chi connectivity index (χ2n) is 5.81. The molecule has 0 spiro atoms. The van der Waals surface area contributed by atoms with Crippen molar-refractivity contribution >= 4 is 10.0 Å². The van der Waals surface area contributed by atoms with Gasteiger partial charge in [0.15, 0.2) is 0 Å². The highest BCUT2D eigenvalue weighted by Crippen LogP contribution is 2.31. The van der Waals surface area contributed by atoms with E-state index >= 15 is 0 Å². The highest BCUT2D eigenvalue weighted by Gasteiger charge is 2.35. The lowest BCUT2D eigenvalue weighted by Crippen LogP contribution is -2.31. The summed E-state index contributed by atoms with van der Waals surface area (Å²) in [6.07, 6.45) is 0.902. The molecular weight excluding hydrogens is 260 g/mol. The summed E-state index contributed by atoms with van der Waals surface area (Å²) < 4.78 is 26.2. The van der Waals surface area contributed by atoms with E-state index in [0.717, 1.165) is 12.0 Å². The Kier molecular flexibility index (Phi) is 3.66. The largest absolute Gasteiger partial charge is 0.218 e. The predicted octanol–water partition coefficient (Wildman–Crippen LogP) is 2.12. The maximum absolute atomic E-state index is 12.3. The molecule has 0 aliphatic carbocycles. The summed E-state index contributed by atoms with van der Waals surface area (Å²) in [4.78, 5) is 0. The Labute approximate surface area is 114 Å². The van der Waals surface area contributed by atoms with Crippen molar-refractivity contribution in [2.24, 2.45) is 5.41 Å². The van der Waals surface area contributed by atoms with Gasteiger partial charge in [0.1, 0.15) is 0 Å². The van der Waals surface area contributed by atoms with Crippen LogP contribution in [-0.2, 0) is 15.8 Å². The first-order valence-electron chi connectivity index (χ1n) is 6.29. The molecule has 1 heterocycles. The minimum Gasteiger partial charge on any atom is -0.212 e. The molecule has 1 fully saturated rings. The van der Waals surface area contributed by atoms with Crippen molar-refractivity contribution in [2.75, 3.05) is 13.1 Å². The topological polar surface area (TPSA) is 61.2 Å². The summed E-state index contributed by atoms with van der Waals surface area (Å²) in [6.45, 7) is 5.37. The Hall–Kier alpha value is -1.38. The van der Waals surface area contributed by atoms with Gasteiger partial charge in [0.25, 0.3) is 0 Å². The monoisotopic (exact) mass is 278 g/mol. The van der Waals surface area contributed by atoms with E-state index in [-0.39, 0.29) is 11.2 Å². The van der Waals surface area contributed by atoms with E-state index in [9.17, 15) is 8.42 Å². The minimum atomic E-state index is -3.25. The van der Waals surface area contributed by atoms with Gasteiger partial charge in [-0.2, -0.15) is 5.26 Å². The van der Waals surface area contributed by atoms with Crippen LogP contribution in [0.4, 0.5) is 0 Å². The van der Waals surface area contributed by atoms with Crippen LogP contribution >= 0.6 is 0 Å². The van der Waals surface area contributed by atoms with Gasteiger partial charge in [-0.25, -0.2) is 12.7 Å². The first kappa shape index (κ1) is 14.0. The fraction of sp³-hybridized carbons (Fsp3) is 0.500. The molecule has 1 aliphatic heterocycles. The molecule has 0 amide bonds. The van der Waals surface area contributed by atoms with E-state index in [4.69, 9.17) is 5.26 Å². The van der Waals surface area contributed by atoms with Crippen LogP contribution in [0.15, 0.2) is 24.3 Å².